The number of hydrogen-bond donors (Lipinski definition) is 1. The summed E-state index contributed by atoms with van der Waals surface area (Å²) in [7, 11) is 1.48. The lowest BCUT2D eigenvalue weighted by Gasteiger charge is -2.14. The summed E-state index contributed by atoms with van der Waals surface area (Å²) >= 11 is 0. The number of hydrogen-bond acceptors (Lipinski definition) is 3. The standard InChI is InChI=1S/C13H16ClNO3S/c1-8-3-6-11(19(14,17)18)7-12(8)13(16)15-9(2)10-4-5-10/h3,6-7,9-10H,4-5H2,1-2H3,(H,15,16). The predicted molar refractivity (Wildman–Crippen MR) is 73.9 cm³/mol. The van der Waals surface area contributed by atoms with Gasteiger partial charge in [-0.15, -0.1) is 0 Å². The van der Waals surface area contributed by atoms with Gasteiger partial charge in [0.1, 0.15) is 0 Å². The molecule has 104 valence electrons. The number of aryl methyl sites for hydroxylation is 1. The van der Waals surface area contributed by atoms with Crippen LogP contribution in [0.4, 0.5) is 0 Å². The molecule has 1 aliphatic rings. The van der Waals surface area contributed by atoms with E-state index in [1.54, 1.807) is 13.0 Å². The van der Waals surface area contributed by atoms with Crippen LogP contribution in [0.1, 0.15) is 35.7 Å². The van der Waals surface area contributed by atoms with Crippen molar-refractivity contribution in [3.05, 3.63) is 29.3 Å². The molecule has 1 aromatic carbocycles. The average molecular weight is 302 g/mol. The van der Waals surface area contributed by atoms with E-state index in [1.165, 1.54) is 12.1 Å². The van der Waals surface area contributed by atoms with Crippen molar-refractivity contribution in [3.8, 4) is 0 Å². The van der Waals surface area contributed by atoms with Crippen LogP contribution < -0.4 is 5.32 Å². The molecule has 1 saturated carbocycles. The van der Waals surface area contributed by atoms with Crippen LogP contribution in [0, 0.1) is 12.8 Å². The van der Waals surface area contributed by atoms with E-state index in [9.17, 15) is 13.2 Å². The molecule has 0 heterocycles. The van der Waals surface area contributed by atoms with Crippen molar-refractivity contribution < 1.29 is 13.2 Å². The molecule has 1 N–H and O–H groups in total. The second-order valence-corrected chi connectivity index (χ2v) is 7.58. The summed E-state index contributed by atoms with van der Waals surface area (Å²) < 4.78 is 22.6. The lowest BCUT2D eigenvalue weighted by atomic mass is 10.1. The molecule has 1 aliphatic carbocycles. The SMILES string of the molecule is Cc1ccc(S(=O)(=O)Cl)cc1C(=O)NC(C)C1CC1. The van der Waals surface area contributed by atoms with Gasteiger partial charge >= 0.3 is 0 Å². The minimum atomic E-state index is -3.82. The van der Waals surface area contributed by atoms with Gasteiger partial charge in [0.2, 0.25) is 0 Å². The Balaban J connectivity index is 2.25. The first-order valence-corrected chi connectivity index (χ1v) is 8.46. The molecule has 0 radical (unpaired) electrons. The smallest absolute Gasteiger partial charge is 0.261 e. The average Bonchev–Trinajstić information content (AvgIpc) is 3.11. The molecular formula is C13H16ClNO3S. The monoisotopic (exact) mass is 301 g/mol. The van der Waals surface area contributed by atoms with Crippen molar-refractivity contribution in [1.82, 2.24) is 5.32 Å². The van der Waals surface area contributed by atoms with Crippen LogP contribution in [-0.2, 0) is 9.05 Å². The van der Waals surface area contributed by atoms with E-state index in [1.807, 2.05) is 6.92 Å². The van der Waals surface area contributed by atoms with Gasteiger partial charge in [0.05, 0.1) is 4.90 Å². The maximum atomic E-state index is 12.1. The van der Waals surface area contributed by atoms with Crippen LogP contribution >= 0.6 is 10.7 Å². The highest BCUT2D eigenvalue weighted by molar-refractivity contribution is 8.13. The zero-order valence-electron chi connectivity index (χ0n) is 10.8. The van der Waals surface area contributed by atoms with Gasteiger partial charge < -0.3 is 5.32 Å². The van der Waals surface area contributed by atoms with Gasteiger partial charge in [-0.05, 0) is 50.3 Å². The van der Waals surface area contributed by atoms with Crippen molar-refractivity contribution in [3.63, 3.8) is 0 Å². The molecule has 1 fully saturated rings. The molecular weight excluding hydrogens is 286 g/mol. The van der Waals surface area contributed by atoms with Crippen LogP contribution in [-0.4, -0.2) is 20.4 Å². The molecule has 6 heteroatoms. The fourth-order valence-corrected chi connectivity index (χ4v) is 2.77. The number of amides is 1. The zero-order chi connectivity index (χ0) is 14.2. The molecule has 0 aliphatic heterocycles. The lowest BCUT2D eigenvalue weighted by Crippen LogP contribution is -2.34. The molecule has 19 heavy (non-hydrogen) atoms. The van der Waals surface area contributed by atoms with Crippen LogP contribution in [0.25, 0.3) is 0 Å². The molecule has 0 saturated heterocycles. The summed E-state index contributed by atoms with van der Waals surface area (Å²) in [6, 6.07) is 4.43. The number of halogens is 1. The van der Waals surface area contributed by atoms with E-state index in [2.05, 4.69) is 5.32 Å². The van der Waals surface area contributed by atoms with Gasteiger partial charge in [-0.25, -0.2) is 8.42 Å². The van der Waals surface area contributed by atoms with E-state index in [4.69, 9.17) is 10.7 Å². The summed E-state index contributed by atoms with van der Waals surface area (Å²) in [6.07, 6.45) is 2.27. The van der Waals surface area contributed by atoms with Gasteiger partial charge in [0, 0.05) is 22.3 Å². The largest absolute Gasteiger partial charge is 0.349 e. The Labute approximate surface area is 117 Å². The highest BCUT2D eigenvalue weighted by Gasteiger charge is 2.29. The molecule has 1 atom stereocenters. The van der Waals surface area contributed by atoms with Crippen LogP contribution in [0.3, 0.4) is 0 Å². The minimum Gasteiger partial charge on any atom is -0.349 e. The zero-order valence-corrected chi connectivity index (χ0v) is 12.4. The van der Waals surface area contributed by atoms with Crippen LogP contribution in [0.15, 0.2) is 23.1 Å². The van der Waals surface area contributed by atoms with E-state index in [-0.39, 0.29) is 16.8 Å². The number of nitrogens with one attached hydrogen (secondary N) is 1. The van der Waals surface area contributed by atoms with E-state index < -0.39 is 9.05 Å². The molecule has 1 amide bonds. The number of carbonyl (C=O) groups excluding carboxylic acids is 1. The Morgan fingerprint density at radius 1 is 1.42 bits per heavy atom. The third kappa shape index (κ3) is 3.48. The second kappa shape index (κ2) is 5.13. The normalized spacial score (nSPS) is 17.0. The Kier molecular flexibility index (Phi) is 3.87. The Morgan fingerprint density at radius 2 is 2.05 bits per heavy atom. The Bertz CT molecular complexity index is 608. The fraction of sp³-hybridized carbons (Fsp3) is 0.462. The van der Waals surface area contributed by atoms with Gasteiger partial charge in [0.15, 0.2) is 0 Å². The molecule has 1 unspecified atom stereocenters. The van der Waals surface area contributed by atoms with E-state index in [0.29, 0.717) is 11.5 Å². The van der Waals surface area contributed by atoms with Crippen LogP contribution in [0.5, 0.6) is 0 Å². The summed E-state index contributed by atoms with van der Waals surface area (Å²) in [5, 5.41) is 2.90. The highest BCUT2D eigenvalue weighted by atomic mass is 35.7. The van der Waals surface area contributed by atoms with Crippen molar-refractivity contribution >= 4 is 25.6 Å². The first-order valence-electron chi connectivity index (χ1n) is 6.15. The molecule has 0 aromatic heterocycles. The van der Waals surface area contributed by atoms with Crippen molar-refractivity contribution in [2.24, 2.45) is 5.92 Å². The second-order valence-electron chi connectivity index (χ2n) is 5.01. The quantitative estimate of drug-likeness (QED) is 0.869. The summed E-state index contributed by atoms with van der Waals surface area (Å²) in [6.45, 7) is 3.73. The van der Waals surface area contributed by atoms with Gasteiger partial charge in [-0.2, -0.15) is 0 Å². The summed E-state index contributed by atoms with van der Waals surface area (Å²) in [5.74, 6) is 0.295. The third-order valence-electron chi connectivity index (χ3n) is 3.42. The van der Waals surface area contributed by atoms with Crippen molar-refractivity contribution in [2.75, 3.05) is 0 Å². The molecule has 2 rings (SSSR count). The molecule has 4 nitrogen and oxygen atoms in total. The fourth-order valence-electron chi connectivity index (χ4n) is 2.00. The number of benzene rings is 1. The minimum absolute atomic E-state index is 0.0519. The van der Waals surface area contributed by atoms with Crippen LogP contribution in [0.2, 0.25) is 0 Å². The topological polar surface area (TPSA) is 63.2 Å². The molecule has 0 spiro atoms. The summed E-state index contributed by atoms with van der Waals surface area (Å²) in [5.41, 5.74) is 1.08. The maximum Gasteiger partial charge on any atom is 0.261 e. The van der Waals surface area contributed by atoms with Gasteiger partial charge in [0.25, 0.3) is 15.0 Å². The number of carbonyl (C=O) groups is 1. The lowest BCUT2D eigenvalue weighted by molar-refractivity contribution is 0.0935. The highest BCUT2D eigenvalue weighted by Crippen LogP contribution is 2.32. The van der Waals surface area contributed by atoms with E-state index in [0.717, 1.165) is 18.4 Å². The van der Waals surface area contributed by atoms with Crippen molar-refractivity contribution in [2.45, 2.75) is 37.6 Å². The van der Waals surface area contributed by atoms with E-state index >= 15 is 0 Å². The molecule has 0 bridgehead atoms. The summed E-state index contributed by atoms with van der Waals surface area (Å²) in [4.78, 5) is 12.1. The first-order chi connectivity index (χ1) is 8.79. The Morgan fingerprint density at radius 3 is 2.58 bits per heavy atom. The van der Waals surface area contributed by atoms with Crippen molar-refractivity contribution in [1.29, 1.82) is 0 Å². The maximum absolute atomic E-state index is 12.1. The number of rotatable bonds is 4. The third-order valence-corrected chi connectivity index (χ3v) is 4.77. The predicted octanol–water partition coefficient (Wildman–Crippen LogP) is 2.45. The molecule has 1 aromatic rings. The van der Waals surface area contributed by atoms with Gasteiger partial charge in [-0.1, -0.05) is 6.07 Å². The Hall–Kier alpha value is -1.07. The first kappa shape index (κ1) is 14.3. The van der Waals surface area contributed by atoms with Gasteiger partial charge in [-0.3, -0.25) is 4.79 Å².